The van der Waals surface area contributed by atoms with Crippen molar-refractivity contribution in [2.45, 2.75) is 44.6 Å². The van der Waals surface area contributed by atoms with E-state index in [1.54, 1.807) is 5.32 Å². The van der Waals surface area contributed by atoms with Gasteiger partial charge in [-0.05, 0) is 0 Å². The minimum atomic E-state index is -5.16. The molecular weight excluding hydrogens is 315 g/mol. The second-order valence-electron chi connectivity index (χ2n) is 4.45. The number of carbonyl (C=O) groups is 3. The lowest BCUT2D eigenvalue weighted by molar-refractivity contribution is -0.246. The van der Waals surface area contributed by atoms with Gasteiger partial charge in [0.15, 0.2) is 18.5 Å². The van der Waals surface area contributed by atoms with Crippen LogP contribution in [0.25, 0.3) is 0 Å². The molecule has 1 aliphatic rings. The predicted molar refractivity (Wildman–Crippen MR) is 61.1 cm³/mol. The topological polar surface area (TPSA) is 111 Å². The molecule has 0 radical (unpaired) electrons. The van der Waals surface area contributed by atoms with Crippen LogP contribution in [0, 0.1) is 0 Å². The average Bonchev–Trinajstić information content (AvgIpc) is 2.34. The van der Waals surface area contributed by atoms with E-state index in [0.717, 1.165) is 13.8 Å². The summed E-state index contributed by atoms with van der Waals surface area (Å²) in [5, 5.41) is 11.2. The first-order chi connectivity index (χ1) is 10.0. The number of rotatable bonds is 3. The van der Waals surface area contributed by atoms with Crippen molar-refractivity contribution in [3.63, 3.8) is 0 Å². The molecule has 0 saturated carbocycles. The SMILES string of the molecule is CC(=O)OC1C(NC(=O)C(F)(F)F)COC(O)C1OC(C)=O. The van der Waals surface area contributed by atoms with E-state index in [0.29, 0.717) is 0 Å². The third-order valence-electron chi connectivity index (χ3n) is 2.63. The van der Waals surface area contributed by atoms with Crippen LogP contribution in [0.15, 0.2) is 0 Å². The molecule has 1 aliphatic heterocycles. The number of aliphatic hydroxyl groups excluding tert-OH is 1. The Labute approximate surface area is 122 Å². The molecule has 2 N–H and O–H groups in total. The van der Waals surface area contributed by atoms with Crippen LogP contribution in [0.2, 0.25) is 0 Å². The van der Waals surface area contributed by atoms with Crippen LogP contribution >= 0.6 is 0 Å². The van der Waals surface area contributed by atoms with Crippen molar-refractivity contribution in [1.29, 1.82) is 0 Å². The first kappa shape index (κ1) is 18.2. The number of alkyl halides is 3. The van der Waals surface area contributed by atoms with Gasteiger partial charge in [-0.1, -0.05) is 0 Å². The number of halogens is 3. The van der Waals surface area contributed by atoms with Gasteiger partial charge < -0.3 is 24.6 Å². The molecule has 1 fully saturated rings. The summed E-state index contributed by atoms with van der Waals surface area (Å²) in [6, 6.07) is -1.45. The smallest absolute Gasteiger partial charge is 0.456 e. The Bertz CT molecular complexity index is 453. The van der Waals surface area contributed by atoms with E-state index in [9.17, 15) is 32.7 Å². The third-order valence-corrected chi connectivity index (χ3v) is 2.63. The summed E-state index contributed by atoms with van der Waals surface area (Å²) in [5.74, 6) is -4.06. The summed E-state index contributed by atoms with van der Waals surface area (Å²) in [7, 11) is 0. The van der Waals surface area contributed by atoms with Gasteiger partial charge in [0.25, 0.3) is 0 Å². The number of hydrogen-bond acceptors (Lipinski definition) is 7. The van der Waals surface area contributed by atoms with Gasteiger partial charge in [0.1, 0.15) is 0 Å². The molecular formula is C11H14F3NO7. The largest absolute Gasteiger partial charge is 0.471 e. The van der Waals surface area contributed by atoms with Gasteiger partial charge in [-0.3, -0.25) is 14.4 Å². The zero-order valence-corrected chi connectivity index (χ0v) is 11.5. The van der Waals surface area contributed by atoms with Crippen LogP contribution in [-0.2, 0) is 28.6 Å². The van der Waals surface area contributed by atoms with Crippen molar-refractivity contribution in [3.05, 3.63) is 0 Å². The van der Waals surface area contributed by atoms with Crippen LogP contribution in [0.4, 0.5) is 13.2 Å². The Morgan fingerprint density at radius 3 is 2.09 bits per heavy atom. The van der Waals surface area contributed by atoms with E-state index in [1.807, 2.05) is 0 Å². The van der Waals surface area contributed by atoms with E-state index in [1.165, 1.54) is 0 Å². The molecule has 11 heteroatoms. The van der Waals surface area contributed by atoms with Crippen molar-refractivity contribution in [2.24, 2.45) is 0 Å². The summed E-state index contributed by atoms with van der Waals surface area (Å²) in [6.07, 6.45) is -9.98. The van der Waals surface area contributed by atoms with Gasteiger partial charge in [-0.2, -0.15) is 13.2 Å². The molecule has 8 nitrogen and oxygen atoms in total. The Morgan fingerprint density at radius 1 is 1.14 bits per heavy atom. The predicted octanol–water partition coefficient (Wildman–Crippen LogP) is -0.755. The van der Waals surface area contributed by atoms with Crippen molar-refractivity contribution in [3.8, 4) is 0 Å². The lowest BCUT2D eigenvalue weighted by Gasteiger charge is -2.39. The van der Waals surface area contributed by atoms with Crippen LogP contribution < -0.4 is 5.32 Å². The van der Waals surface area contributed by atoms with Gasteiger partial charge in [0.2, 0.25) is 0 Å². The second kappa shape index (κ2) is 6.92. The first-order valence-electron chi connectivity index (χ1n) is 6.04. The van der Waals surface area contributed by atoms with Crippen molar-refractivity contribution in [1.82, 2.24) is 5.32 Å². The number of amides is 1. The maximum atomic E-state index is 12.3. The van der Waals surface area contributed by atoms with E-state index in [4.69, 9.17) is 14.2 Å². The molecule has 1 rings (SSSR count). The summed E-state index contributed by atoms with van der Waals surface area (Å²) >= 11 is 0. The number of nitrogens with one attached hydrogen (secondary N) is 1. The van der Waals surface area contributed by atoms with Crippen LogP contribution in [0.1, 0.15) is 13.8 Å². The normalized spacial score (nSPS) is 28.6. The molecule has 0 aliphatic carbocycles. The molecule has 126 valence electrons. The van der Waals surface area contributed by atoms with Crippen LogP contribution in [0.3, 0.4) is 0 Å². The van der Waals surface area contributed by atoms with E-state index >= 15 is 0 Å². The fourth-order valence-electron chi connectivity index (χ4n) is 1.81. The molecule has 22 heavy (non-hydrogen) atoms. The number of hydrogen-bond donors (Lipinski definition) is 2. The molecule has 0 bridgehead atoms. The van der Waals surface area contributed by atoms with Crippen LogP contribution in [-0.4, -0.2) is 60.3 Å². The Balaban J connectivity index is 2.95. The highest BCUT2D eigenvalue weighted by molar-refractivity contribution is 5.82. The number of ether oxygens (including phenoxy) is 3. The maximum absolute atomic E-state index is 12.3. The van der Waals surface area contributed by atoms with E-state index in [2.05, 4.69) is 0 Å². The fourth-order valence-corrected chi connectivity index (χ4v) is 1.81. The number of esters is 2. The molecule has 0 aromatic rings. The average molecular weight is 329 g/mol. The minimum Gasteiger partial charge on any atom is -0.456 e. The minimum absolute atomic E-state index is 0.571. The highest BCUT2D eigenvalue weighted by Gasteiger charge is 2.48. The van der Waals surface area contributed by atoms with Crippen molar-refractivity contribution in [2.75, 3.05) is 6.61 Å². The first-order valence-corrected chi connectivity index (χ1v) is 6.04. The molecule has 0 aromatic carbocycles. The summed E-state index contributed by atoms with van der Waals surface area (Å²) in [4.78, 5) is 33.0. The van der Waals surface area contributed by atoms with Crippen molar-refractivity contribution >= 4 is 17.8 Å². The standard InChI is InChI=1S/C11H14F3NO7/c1-4(16)21-7-6(15-10(19)11(12,13)14)3-20-9(18)8(7)22-5(2)17/h6-9,18H,3H2,1-2H3,(H,15,19). The third kappa shape index (κ3) is 4.84. The van der Waals surface area contributed by atoms with Gasteiger partial charge in [-0.15, -0.1) is 0 Å². The number of carbonyl (C=O) groups excluding carboxylic acids is 3. The van der Waals surface area contributed by atoms with E-state index < -0.39 is 55.2 Å². The summed E-state index contributed by atoms with van der Waals surface area (Å²) < 4.78 is 51.0. The zero-order valence-electron chi connectivity index (χ0n) is 11.5. The van der Waals surface area contributed by atoms with Crippen LogP contribution in [0.5, 0.6) is 0 Å². The number of aliphatic hydroxyl groups is 1. The molecule has 0 spiro atoms. The molecule has 4 unspecified atom stereocenters. The Kier molecular flexibility index (Phi) is 5.72. The highest BCUT2D eigenvalue weighted by atomic mass is 19.4. The molecule has 1 amide bonds. The molecule has 1 saturated heterocycles. The van der Waals surface area contributed by atoms with Gasteiger partial charge in [0, 0.05) is 13.8 Å². The van der Waals surface area contributed by atoms with Crippen molar-refractivity contribution < 1.29 is 46.9 Å². The lowest BCUT2D eigenvalue weighted by atomic mass is 10.0. The van der Waals surface area contributed by atoms with Gasteiger partial charge >= 0.3 is 24.0 Å². The molecule has 1 heterocycles. The second-order valence-corrected chi connectivity index (χ2v) is 4.45. The Hall–Kier alpha value is -1.88. The maximum Gasteiger partial charge on any atom is 0.471 e. The Morgan fingerprint density at radius 2 is 1.64 bits per heavy atom. The summed E-state index contributed by atoms with van der Waals surface area (Å²) in [5.41, 5.74) is 0. The van der Waals surface area contributed by atoms with E-state index in [-0.39, 0.29) is 0 Å². The fraction of sp³-hybridized carbons (Fsp3) is 0.727. The quantitative estimate of drug-likeness (QED) is 0.655. The molecule has 4 atom stereocenters. The lowest BCUT2D eigenvalue weighted by Crippen LogP contribution is -2.62. The van der Waals surface area contributed by atoms with Gasteiger partial charge in [-0.25, -0.2) is 0 Å². The summed E-state index contributed by atoms with van der Waals surface area (Å²) in [6.45, 7) is 1.38. The monoisotopic (exact) mass is 329 g/mol. The molecule has 0 aromatic heterocycles. The zero-order chi connectivity index (χ0) is 17.1. The highest BCUT2D eigenvalue weighted by Crippen LogP contribution is 2.22. The van der Waals surface area contributed by atoms with Gasteiger partial charge in [0.05, 0.1) is 12.6 Å².